The van der Waals surface area contributed by atoms with Crippen LogP contribution in [0.1, 0.15) is 24.8 Å². The molecular formula is C16H19N5OS. The van der Waals surface area contributed by atoms with Crippen molar-refractivity contribution < 1.29 is 5.11 Å². The molecule has 6 nitrogen and oxygen atoms in total. The van der Waals surface area contributed by atoms with Crippen molar-refractivity contribution in [3.63, 3.8) is 0 Å². The topological polar surface area (TPSA) is 67.1 Å². The summed E-state index contributed by atoms with van der Waals surface area (Å²) in [6.45, 7) is 1.75. The van der Waals surface area contributed by atoms with Gasteiger partial charge in [0, 0.05) is 38.4 Å². The van der Waals surface area contributed by atoms with Gasteiger partial charge in [-0.05, 0) is 24.3 Å². The zero-order valence-corrected chi connectivity index (χ0v) is 13.8. The van der Waals surface area contributed by atoms with Crippen LogP contribution in [-0.4, -0.2) is 37.7 Å². The molecule has 1 aliphatic heterocycles. The molecule has 4 heterocycles. The molecule has 1 fully saturated rings. The number of aliphatic hydroxyl groups is 1. The second-order valence-electron chi connectivity index (χ2n) is 6.03. The van der Waals surface area contributed by atoms with Crippen LogP contribution >= 0.6 is 11.3 Å². The first kappa shape index (κ1) is 14.6. The fraction of sp³-hybridized carbons (Fsp3) is 0.438. The molecule has 120 valence electrons. The minimum absolute atomic E-state index is 0.161. The van der Waals surface area contributed by atoms with E-state index in [0.717, 1.165) is 47.8 Å². The van der Waals surface area contributed by atoms with E-state index in [-0.39, 0.29) is 5.92 Å². The highest BCUT2D eigenvalue weighted by Gasteiger charge is 2.30. The Balaban J connectivity index is 1.60. The summed E-state index contributed by atoms with van der Waals surface area (Å²) < 4.78 is 1.89. The molecule has 0 saturated carbocycles. The molecule has 1 aliphatic rings. The van der Waals surface area contributed by atoms with Crippen molar-refractivity contribution in [1.29, 1.82) is 0 Å². The molecule has 1 saturated heterocycles. The molecule has 3 aromatic heterocycles. The third-order valence-electron chi connectivity index (χ3n) is 4.57. The van der Waals surface area contributed by atoms with Crippen LogP contribution < -0.4 is 4.90 Å². The summed E-state index contributed by atoms with van der Waals surface area (Å²) in [4.78, 5) is 16.4. The van der Waals surface area contributed by atoms with E-state index in [2.05, 4.69) is 25.9 Å². The van der Waals surface area contributed by atoms with E-state index in [1.54, 1.807) is 23.9 Å². The Morgan fingerprint density at radius 2 is 2.26 bits per heavy atom. The number of rotatable bonds is 3. The largest absolute Gasteiger partial charge is 0.385 e. The summed E-state index contributed by atoms with van der Waals surface area (Å²) in [5.41, 5.74) is 0. The van der Waals surface area contributed by atoms with Gasteiger partial charge in [0.15, 0.2) is 0 Å². The van der Waals surface area contributed by atoms with E-state index >= 15 is 0 Å². The molecule has 0 amide bonds. The number of aryl methyl sites for hydroxylation is 1. The maximum atomic E-state index is 10.7. The van der Waals surface area contributed by atoms with Crippen LogP contribution in [0.25, 0.3) is 10.2 Å². The van der Waals surface area contributed by atoms with Crippen LogP contribution in [0.4, 0.5) is 5.82 Å². The number of aliphatic hydroxyl groups excluding tert-OH is 1. The molecule has 0 spiro atoms. The molecule has 0 radical (unpaired) electrons. The molecule has 7 heteroatoms. The molecule has 2 atom stereocenters. The van der Waals surface area contributed by atoms with Crippen LogP contribution in [0.15, 0.2) is 30.2 Å². The highest BCUT2D eigenvalue weighted by atomic mass is 32.1. The lowest BCUT2D eigenvalue weighted by Crippen LogP contribution is -2.39. The molecule has 0 bridgehead atoms. The lowest BCUT2D eigenvalue weighted by Gasteiger charge is -2.35. The summed E-state index contributed by atoms with van der Waals surface area (Å²) in [6, 6.07) is 2.08. The van der Waals surface area contributed by atoms with Crippen molar-refractivity contribution in [2.75, 3.05) is 18.0 Å². The van der Waals surface area contributed by atoms with Crippen molar-refractivity contribution in [2.45, 2.75) is 18.9 Å². The second-order valence-corrected chi connectivity index (χ2v) is 6.92. The van der Waals surface area contributed by atoms with Gasteiger partial charge >= 0.3 is 0 Å². The summed E-state index contributed by atoms with van der Waals surface area (Å²) in [6.07, 6.45) is 6.74. The lowest BCUT2D eigenvalue weighted by molar-refractivity contribution is 0.0874. The van der Waals surface area contributed by atoms with E-state index < -0.39 is 6.10 Å². The molecule has 4 rings (SSSR count). The molecule has 0 aliphatic carbocycles. The Hall–Kier alpha value is -1.99. The number of thiophene rings is 1. The van der Waals surface area contributed by atoms with Crippen LogP contribution in [0.5, 0.6) is 0 Å². The third kappa shape index (κ3) is 2.60. The average Bonchev–Trinajstić information content (AvgIpc) is 3.22. The molecular weight excluding hydrogens is 310 g/mol. The SMILES string of the molecule is Cn1ccnc1C(O)C1CCCN(c2ncnc3sccc23)C1. The Morgan fingerprint density at radius 3 is 3.09 bits per heavy atom. The van der Waals surface area contributed by atoms with E-state index in [0.29, 0.717) is 0 Å². The summed E-state index contributed by atoms with van der Waals surface area (Å²) in [5, 5.41) is 13.9. The van der Waals surface area contributed by atoms with Gasteiger partial charge < -0.3 is 14.6 Å². The Labute approximate surface area is 138 Å². The number of aromatic nitrogens is 4. The maximum Gasteiger partial charge on any atom is 0.140 e. The van der Waals surface area contributed by atoms with Crippen molar-refractivity contribution in [1.82, 2.24) is 19.5 Å². The number of hydrogen-bond acceptors (Lipinski definition) is 6. The highest BCUT2D eigenvalue weighted by Crippen LogP contribution is 2.33. The van der Waals surface area contributed by atoms with E-state index in [4.69, 9.17) is 0 Å². The lowest BCUT2D eigenvalue weighted by atomic mass is 9.92. The van der Waals surface area contributed by atoms with Crippen molar-refractivity contribution >= 4 is 27.4 Å². The average molecular weight is 329 g/mol. The van der Waals surface area contributed by atoms with E-state index in [1.807, 2.05) is 23.2 Å². The number of imidazole rings is 1. The number of anilines is 1. The third-order valence-corrected chi connectivity index (χ3v) is 5.39. The van der Waals surface area contributed by atoms with Crippen LogP contribution in [0, 0.1) is 5.92 Å². The first-order valence-electron chi connectivity index (χ1n) is 7.82. The smallest absolute Gasteiger partial charge is 0.140 e. The minimum atomic E-state index is -0.544. The van der Waals surface area contributed by atoms with Gasteiger partial charge in [0.2, 0.25) is 0 Å². The van der Waals surface area contributed by atoms with E-state index in [9.17, 15) is 5.11 Å². The van der Waals surface area contributed by atoms with Crippen LogP contribution in [0.2, 0.25) is 0 Å². The number of piperidine rings is 1. The first-order chi connectivity index (χ1) is 11.2. The number of fused-ring (bicyclic) bond motifs is 1. The van der Waals surface area contributed by atoms with Gasteiger partial charge in [0.25, 0.3) is 0 Å². The second kappa shape index (κ2) is 5.90. The molecule has 23 heavy (non-hydrogen) atoms. The minimum Gasteiger partial charge on any atom is -0.385 e. The van der Waals surface area contributed by atoms with Gasteiger partial charge in [0.1, 0.15) is 28.9 Å². The Bertz CT molecular complexity index is 814. The zero-order chi connectivity index (χ0) is 15.8. The fourth-order valence-electron chi connectivity index (χ4n) is 3.36. The van der Waals surface area contributed by atoms with Gasteiger partial charge in [-0.1, -0.05) is 0 Å². The van der Waals surface area contributed by atoms with Crippen LogP contribution in [-0.2, 0) is 7.05 Å². The molecule has 2 unspecified atom stereocenters. The maximum absolute atomic E-state index is 10.7. The standard InChI is InChI=1S/C16H19N5OS/c1-20-7-5-17-15(20)13(22)11-3-2-6-21(9-11)14-12-4-8-23-16(12)19-10-18-14/h4-5,7-8,10-11,13,22H,2-3,6,9H2,1H3. The van der Waals surface area contributed by atoms with Gasteiger partial charge in [-0.25, -0.2) is 15.0 Å². The van der Waals surface area contributed by atoms with Crippen molar-refractivity contribution in [2.24, 2.45) is 13.0 Å². The van der Waals surface area contributed by atoms with Gasteiger partial charge in [-0.3, -0.25) is 0 Å². The fourth-order valence-corrected chi connectivity index (χ4v) is 4.09. The molecule has 3 aromatic rings. The summed E-state index contributed by atoms with van der Waals surface area (Å²) >= 11 is 1.63. The quantitative estimate of drug-likeness (QED) is 0.799. The van der Waals surface area contributed by atoms with Crippen molar-refractivity contribution in [3.05, 3.63) is 36.0 Å². The molecule has 0 aromatic carbocycles. The normalized spacial score (nSPS) is 20.1. The van der Waals surface area contributed by atoms with Gasteiger partial charge in [-0.15, -0.1) is 11.3 Å². The number of nitrogens with zero attached hydrogens (tertiary/aromatic N) is 5. The Morgan fingerprint density at radius 1 is 1.35 bits per heavy atom. The summed E-state index contributed by atoms with van der Waals surface area (Å²) in [7, 11) is 1.92. The van der Waals surface area contributed by atoms with Gasteiger partial charge in [-0.2, -0.15) is 0 Å². The predicted molar refractivity (Wildman–Crippen MR) is 90.5 cm³/mol. The predicted octanol–water partition coefficient (Wildman–Crippen LogP) is 2.37. The zero-order valence-electron chi connectivity index (χ0n) is 13.0. The first-order valence-corrected chi connectivity index (χ1v) is 8.70. The van der Waals surface area contributed by atoms with Crippen LogP contribution in [0.3, 0.4) is 0 Å². The Kier molecular flexibility index (Phi) is 3.74. The summed E-state index contributed by atoms with van der Waals surface area (Å²) in [5.74, 6) is 1.88. The number of hydrogen-bond donors (Lipinski definition) is 1. The molecule has 1 N–H and O–H groups in total. The highest BCUT2D eigenvalue weighted by molar-refractivity contribution is 7.16. The van der Waals surface area contributed by atoms with E-state index in [1.165, 1.54) is 0 Å². The van der Waals surface area contributed by atoms with Crippen molar-refractivity contribution in [3.8, 4) is 0 Å². The monoisotopic (exact) mass is 329 g/mol. The van der Waals surface area contributed by atoms with Gasteiger partial charge in [0.05, 0.1) is 5.39 Å².